The summed E-state index contributed by atoms with van der Waals surface area (Å²) in [5.41, 5.74) is 0.983. The molecule has 13 heavy (non-hydrogen) atoms. The van der Waals surface area contributed by atoms with Crippen molar-refractivity contribution >= 4 is 22.1 Å². The molecule has 2 amide bonds. The van der Waals surface area contributed by atoms with Crippen LogP contribution in [0, 0.1) is 0 Å². The van der Waals surface area contributed by atoms with Gasteiger partial charge in [0.25, 0.3) is 11.8 Å². The van der Waals surface area contributed by atoms with Gasteiger partial charge in [-0.25, -0.2) is 0 Å². The van der Waals surface area contributed by atoms with E-state index in [9.17, 15) is 9.59 Å². The SMILES string of the molecule is O=C1c2ccccc2C(=O)N1C[Si]. The van der Waals surface area contributed by atoms with Gasteiger partial charge in [0.05, 0.1) is 21.4 Å². The fourth-order valence-corrected chi connectivity index (χ4v) is 1.67. The van der Waals surface area contributed by atoms with Gasteiger partial charge in [0.2, 0.25) is 0 Å². The first-order valence-electron chi connectivity index (χ1n) is 3.85. The smallest absolute Gasteiger partial charge is 0.261 e. The van der Waals surface area contributed by atoms with E-state index in [0.29, 0.717) is 11.1 Å². The molecule has 0 spiro atoms. The van der Waals surface area contributed by atoms with E-state index in [1.807, 2.05) is 0 Å². The Morgan fingerprint density at radius 1 is 1.08 bits per heavy atom. The van der Waals surface area contributed by atoms with Crippen LogP contribution in [0.5, 0.6) is 0 Å². The van der Waals surface area contributed by atoms with Gasteiger partial charge in [-0.15, -0.1) is 0 Å². The second-order valence-corrected chi connectivity index (χ2v) is 3.06. The third-order valence-corrected chi connectivity index (χ3v) is 2.35. The number of benzene rings is 1. The van der Waals surface area contributed by atoms with Crippen LogP contribution in [0.3, 0.4) is 0 Å². The van der Waals surface area contributed by atoms with E-state index in [1.54, 1.807) is 24.3 Å². The molecular formula is C9H6NO2Si. The van der Waals surface area contributed by atoms with Crippen molar-refractivity contribution in [3.63, 3.8) is 0 Å². The number of imide groups is 1. The monoisotopic (exact) mass is 188 g/mol. The fraction of sp³-hybridized carbons (Fsp3) is 0.111. The van der Waals surface area contributed by atoms with E-state index in [2.05, 4.69) is 10.2 Å². The lowest BCUT2D eigenvalue weighted by Crippen LogP contribution is -2.30. The molecule has 1 heterocycles. The van der Waals surface area contributed by atoms with Crippen LogP contribution in [0.15, 0.2) is 24.3 Å². The molecule has 1 aliphatic rings. The molecular weight excluding hydrogens is 182 g/mol. The standard InChI is InChI=1S/C9H6NO2Si/c11-8-6-3-1-2-4-7(6)9(12)10(8)5-13/h1-4H,5H2. The quantitative estimate of drug-likeness (QED) is 0.473. The average Bonchev–Trinajstić information content (AvgIpc) is 2.41. The Kier molecular flexibility index (Phi) is 1.77. The number of hydrogen-bond donors (Lipinski definition) is 0. The van der Waals surface area contributed by atoms with Crippen molar-refractivity contribution in [3.05, 3.63) is 35.4 Å². The molecule has 0 atom stereocenters. The summed E-state index contributed by atoms with van der Waals surface area (Å²) >= 11 is 0. The molecule has 2 rings (SSSR count). The highest BCUT2D eigenvalue weighted by molar-refractivity contribution is 6.24. The lowest BCUT2D eigenvalue weighted by Gasteiger charge is -2.08. The first-order chi connectivity index (χ1) is 6.25. The van der Waals surface area contributed by atoms with Gasteiger partial charge >= 0.3 is 0 Å². The molecule has 3 nitrogen and oxygen atoms in total. The highest BCUT2D eigenvalue weighted by atomic mass is 28.1. The molecule has 0 bridgehead atoms. The lowest BCUT2D eigenvalue weighted by atomic mass is 10.1. The Hall–Kier alpha value is -1.42. The lowest BCUT2D eigenvalue weighted by molar-refractivity contribution is 0.0682. The van der Waals surface area contributed by atoms with Crippen LogP contribution < -0.4 is 0 Å². The average molecular weight is 188 g/mol. The number of hydrogen-bond acceptors (Lipinski definition) is 2. The van der Waals surface area contributed by atoms with E-state index in [-0.39, 0.29) is 18.0 Å². The van der Waals surface area contributed by atoms with Gasteiger partial charge < -0.3 is 0 Å². The molecule has 0 aromatic heterocycles. The Bertz CT molecular complexity index is 354. The second kappa shape index (κ2) is 2.81. The minimum Gasteiger partial charge on any atom is -0.278 e. The van der Waals surface area contributed by atoms with Gasteiger partial charge in [0.1, 0.15) is 0 Å². The highest BCUT2D eigenvalue weighted by Crippen LogP contribution is 2.21. The van der Waals surface area contributed by atoms with Gasteiger partial charge in [-0.3, -0.25) is 14.5 Å². The fourth-order valence-electron chi connectivity index (χ4n) is 1.38. The summed E-state index contributed by atoms with van der Waals surface area (Å²) in [4.78, 5) is 24.2. The maximum absolute atomic E-state index is 11.5. The summed E-state index contributed by atoms with van der Waals surface area (Å²) in [5.74, 6) is -0.453. The van der Waals surface area contributed by atoms with E-state index in [0.717, 1.165) is 0 Å². The van der Waals surface area contributed by atoms with Crippen LogP contribution in [0.1, 0.15) is 20.7 Å². The van der Waals surface area contributed by atoms with E-state index in [1.165, 1.54) is 4.90 Å². The van der Waals surface area contributed by atoms with E-state index >= 15 is 0 Å². The van der Waals surface area contributed by atoms with E-state index in [4.69, 9.17) is 0 Å². The van der Waals surface area contributed by atoms with Gasteiger partial charge in [-0.2, -0.15) is 0 Å². The topological polar surface area (TPSA) is 37.4 Å². The van der Waals surface area contributed by atoms with Crippen molar-refractivity contribution in [2.24, 2.45) is 0 Å². The summed E-state index contributed by atoms with van der Waals surface area (Å²) in [7, 11) is 3.15. The molecule has 4 heteroatoms. The van der Waals surface area contributed by atoms with Crippen molar-refractivity contribution < 1.29 is 9.59 Å². The Balaban J connectivity index is 2.57. The zero-order valence-electron chi connectivity index (χ0n) is 6.78. The van der Waals surface area contributed by atoms with E-state index < -0.39 is 0 Å². The Morgan fingerprint density at radius 3 is 1.92 bits per heavy atom. The zero-order chi connectivity index (χ0) is 9.42. The molecule has 3 radical (unpaired) electrons. The van der Waals surface area contributed by atoms with Gasteiger partial charge in [-0.05, 0) is 12.1 Å². The van der Waals surface area contributed by atoms with Crippen molar-refractivity contribution in [1.29, 1.82) is 0 Å². The van der Waals surface area contributed by atoms with Crippen LogP contribution in [-0.2, 0) is 0 Å². The van der Waals surface area contributed by atoms with Gasteiger partial charge in [0.15, 0.2) is 0 Å². The summed E-state index contributed by atoms with van der Waals surface area (Å²) in [5, 5.41) is 0. The first-order valence-corrected chi connectivity index (χ1v) is 4.56. The molecule has 0 saturated carbocycles. The molecule has 0 fully saturated rings. The minimum absolute atomic E-state index is 0.226. The molecule has 1 aromatic rings. The van der Waals surface area contributed by atoms with Crippen LogP contribution in [0.4, 0.5) is 0 Å². The van der Waals surface area contributed by atoms with Crippen molar-refractivity contribution in [1.82, 2.24) is 4.90 Å². The highest BCUT2D eigenvalue weighted by Gasteiger charge is 2.33. The van der Waals surface area contributed by atoms with Crippen molar-refractivity contribution in [3.8, 4) is 0 Å². The summed E-state index contributed by atoms with van der Waals surface area (Å²) < 4.78 is 0. The predicted molar refractivity (Wildman–Crippen MR) is 47.6 cm³/mol. The molecule has 63 valence electrons. The second-order valence-electron chi connectivity index (χ2n) is 2.74. The third-order valence-electron chi connectivity index (χ3n) is 2.04. The third kappa shape index (κ3) is 1.02. The molecule has 0 aliphatic carbocycles. The number of rotatable bonds is 1. The Labute approximate surface area is 78.8 Å². The van der Waals surface area contributed by atoms with Crippen molar-refractivity contribution in [2.45, 2.75) is 0 Å². The number of carbonyl (C=O) groups is 2. The number of amides is 2. The van der Waals surface area contributed by atoms with Gasteiger partial charge in [-0.1, -0.05) is 12.1 Å². The van der Waals surface area contributed by atoms with Crippen LogP contribution >= 0.6 is 0 Å². The minimum atomic E-state index is -0.226. The van der Waals surface area contributed by atoms with Crippen LogP contribution in [0.25, 0.3) is 0 Å². The normalized spacial score (nSPS) is 15.0. The van der Waals surface area contributed by atoms with Crippen LogP contribution in [0.2, 0.25) is 0 Å². The molecule has 0 unspecified atom stereocenters. The molecule has 1 aromatic carbocycles. The molecule has 1 aliphatic heterocycles. The maximum Gasteiger partial charge on any atom is 0.261 e. The zero-order valence-corrected chi connectivity index (χ0v) is 7.78. The van der Waals surface area contributed by atoms with Crippen LogP contribution in [-0.4, -0.2) is 33.1 Å². The number of carbonyl (C=O) groups excluding carboxylic acids is 2. The molecule has 0 saturated heterocycles. The summed E-state index contributed by atoms with van der Waals surface area (Å²) in [6.45, 7) is 0. The summed E-state index contributed by atoms with van der Waals surface area (Å²) in [6, 6.07) is 6.83. The Morgan fingerprint density at radius 2 is 1.54 bits per heavy atom. The largest absolute Gasteiger partial charge is 0.278 e. The predicted octanol–water partition coefficient (Wildman–Crippen LogP) is 0.409. The number of nitrogens with zero attached hydrogens (tertiary/aromatic N) is 1. The summed E-state index contributed by atoms with van der Waals surface area (Å²) in [6.07, 6.45) is 0.242. The van der Waals surface area contributed by atoms with Crippen molar-refractivity contribution in [2.75, 3.05) is 6.17 Å². The van der Waals surface area contributed by atoms with Gasteiger partial charge in [0, 0.05) is 6.17 Å². The molecule has 0 N–H and O–H groups in total. The first kappa shape index (κ1) is 8.19. The number of fused-ring (bicyclic) bond motifs is 1. The maximum atomic E-state index is 11.5.